The Morgan fingerprint density at radius 3 is 2.49 bits per heavy atom. The number of hydrogen-bond donors (Lipinski definition) is 0. The molecule has 0 aliphatic carbocycles. The van der Waals surface area contributed by atoms with E-state index in [1.165, 1.54) is 24.5 Å². The lowest BCUT2D eigenvalue weighted by Crippen LogP contribution is -2.40. The maximum absolute atomic E-state index is 14.1. The quantitative estimate of drug-likeness (QED) is 0.179. The first-order chi connectivity index (χ1) is 21.7. The van der Waals surface area contributed by atoms with Crippen molar-refractivity contribution < 1.29 is 23.4 Å². The fraction of sp³-hybridized carbons (Fsp3) is 0.306. The van der Waals surface area contributed by atoms with Crippen LogP contribution in [0.15, 0.2) is 87.8 Å². The minimum Gasteiger partial charge on any atom is -0.493 e. The van der Waals surface area contributed by atoms with Gasteiger partial charge in [-0.15, -0.1) is 0 Å². The van der Waals surface area contributed by atoms with Crippen LogP contribution >= 0.6 is 11.3 Å². The highest BCUT2D eigenvalue weighted by molar-refractivity contribution is 7.07. The summed E-state index contributed by atoms with van der Waals surface area (Å²) in [6, 6.07) is 19.1. The first-order valence-corrected chi connectivity index (χ1v) is 15.9. The van der Waals surface area contributed by atoms with E-state index in [4.69, 9.17) is 19.2 Å². The van der Waals surface area contributed by atoms with Crippen molar-refractivity contribution >= 4 is 23.4 Å². The molecule has 0 fully saturated rings. The number of thiazole rings is 1. The van der Waals surface area contributed by atoms with Crippen molar-refractivity contribution in [1.82, 2.24) is 4.57 Å². The predicted molar refractivity (Wildman–Crippen MR) is 174 cm³/mol. The van der Waals surface area contributed by atoms with Crippen LogP contribution in [0, 0.1) is 5.82 Å². The number of methoxy groups -OCH3 is 1. The van der Waals surface area contributed by atoms with Gasteiger partial charge in [-0.05, 0) is 60.2 Å². The van der Waals surface area contributed by atoms with Crippen molar-refractivity contribution in [3.8, 4) is 11.5 Å². The van der Waals surface area contributed by atoms with Crippen LogP contribution in [0.2, 0.25) is 0 Å². The van der Waals surface area contributed by atoms with Gasteiger partial charge in [0.2, 0.25) is 0 Å². The zero-order valence-corrected chi connectivity index (χ0v) is 26.9. The summed E-state index contributed by atoms with van der Waals surface area (Å²) in [6.45, 7) is 8.31. The fourth-order valence-electron chi connectivity index (χ4n) is 5.32. The summed E-state index contributed by atoms with van der Waals surface area (Å²) in [5.74, 6) is 0.432. The summed E-state index contributed by atoms with van der Waals surface area (Å²) in [7, 11) is 1.53. The number of nitrogens with zero attached hydrogens (tertiary/aromatic N) is 2. The van der Waals surface area contributed by atoms with Gasteiger partial charge in [-0.25, -0.2) is 14.2 Å². The number of esters is 1. The molecule has 3 aromatic carbocycles. The molecular formula is C36H37FN2O5S. The van der Waals surface area contributed by atoms with Gasteiger partial charge in [0.15, 0.2) is 16.3 Å². The molecule has 0 bridgehead atoms. The number of allylic oxidation sites excluding steroid dienone is 1. The number of carbonyl (C=O) groups excluding carboxylic acids is 1. The highest BCUT2D eigenvalue weighted by atomic mass is 32.1. The van der Waals surface area contributed by atoms with Gasteiger partial charge in [0.1, 0.15) is 12.4 Å². The van der Waals surface area contributed by atoms with Crippen LogP contribution in [-0.2, 0) is 16.1 Å². The normalized spacial score (nSPS) is 14.7. The van der Waals surface area contributed by atoms with Gasteiger partial charge in [0, 0.05) is 5.56 Å². The van der Waals surface area contributed by atoms with Crippen LogP contribution in [0.5, 0.6) is 11.5 Å². The number of aromatic nitrogens is 1. The molecule has 4 aromatic rings. The Morgan fingerprint density at radius 1 is 1.07 bits per heavy atom. The van der Waals surface area contributed by atoms with E-state index in [1.54, 1.807) is 47.9 Å². The highest BCUT2D eigenvalue weighted by Gasteiger charge is 2.34. The van der Waals surface area contributed by atoms with E-state index >= 15 is 0 Å². The Labute approximate surface area is 265 Å². The highest BCUT2D eigenvalue weighted by Crippen LogP contribution is 2.33. The Balaban J connectivity index is 1.59. The van der Waals surface area contributed by atoms with E-state index in [0.29, 0.717) is 55.6 Å². The molecule has 1 aliphatic rings. The van der Waals surface area contributed by atoms with Crippen molar-refractivity contribution in [3.05, 3.63) is 126 Å². The number of ether oxygens (including phenoxy) is 3. The van der Waals surface area contributed by atoms with E-state index in [-0.39, 0.29) is 24.6 Å². The van der Waals surface area contributed by atoms with Gasteiger partial charge in [-0.2, -0.15) is 0 Å². The second kappa shape index (κ2) is 14.1. The van der Waals surface area contributed by atoms with Gasteiger partial charge >= 0.3 is 5.97 Å². The monoisotopic (exact) mass is 628 g/mol. The summed E-state index contributed by atoms with van der Waals surface area (Å²) in [4.78, 5) is 32.9. The Hall–Kier alpha value is -4.50. The summed E-state index contributed by atoms with van der Waals surface area (Å²) in [6.07, 6.45) is 3.13. The molecule has 9 heteroatoms. The van der Waals surface area contributed by atoms with Gasteiger partial charge < -0.3 is 14.2 Å². The summed E-state index contributed by atoms with van der Waals surface area (Å²) in [5, 5.41) is 0. The van der Waals surface area contributed by atoms with E-state index in [0.717, 1.165) is 17.5 Å². The first kappa shape index (κ1) is 31.9. The molecule has 234 valence electrons. The van der Waals surface area contributed by atoms with Crippen LogP contribution in [0.25, 0.3) is 6.08 Å². The van der Waals surface area contributed by atoms with Crippen molar-refractivity contribution in [3.63, 3.8) is 0 Å². The average Bonchev–Trinajstić information content (AvgIpc) is 3.34. The minimum absolute atomic E-state index is 0.0437. The number of hydrogen-bond acceptors (Lipinski definition) is 7. The predicted octanol–water partition coefficient (Wildman–Crippen LogP) is 6.43. The molecule has 1 atom stereocenters. The molecule has 0 amide bonds. The first-order valence-electron chi connectivity index (χ1n) is 15.1. The van der Waals surface area contributed by atoms with Crippen LogP contribution in [-0.4, -0.2) is 24.3 Å². The SMILES string of the molecule is CCCC1=C(C(=O)OCC)[C@@H](c2ccc(C(C)C)cc2)n2c(s/c(=C\c3ccc(OCc4ccccc4F)c(OC)c3)c2=O)=N1. The third-order valence-corrected chi connectivity index (χ3v) is 8.62. The van der Waals surface area contributed by atoms with Crippen LogP contribution in [0.4, 0.5) is 4.39 Å². The van der Waals surface area contributed by atoms with Crippen molar-refractivity contribution in [2.45, 2.75) is 59.1 Å². The second-order valence-corrected chi connectivity index (χ2v) is 12.0. The second-order valence-electron chi connectivity index (χ2n) is 11.0. The largest absolute Gasteiger partial charge is 0.493 e. The molecule has 0 radical (unpaired) electrons. The molecule has 45 heavy (non-hydrogen) atoms. The molecule has 0 N–H and O–H groups in total. The number of benzene rings is 3. The third kappa shape index (κ3) is 6.78. The van der Waals surface area contributed by atoms with Crippen LogP contribution in [0.1, 0.15) is 74.8 Å². The van der Waals surface area contributed by atoms with Crippen molar-refractivity contribution in [2.24, 2.45) is 4.99 Å². The fourth-order valence-corrected chi connectivity index (χ4v) is 6.33. The molecule has 1 aliphatic heterocycles. The smallest absolute Gasteiger partial charge is 0.338 e. The summed E-state index contributed by atoms with van der Waals surface area (Å²) in [5.41, 5.74) is 3.91. The lowest BCUT2D eigenvalue weighted by Gasteiger charge is -2.26. The third-order valence-electron chi connectivity index (χ3n) is 7.64. The maximum Gasteiger partial charge on any atom is 0.338 e. The standard InChI is InChI=1S/C36H37FN2O5S/c1-6-10-28-32(35(41)43-7-2)33(25-16-14-24(15-17-25)22(3)4)39-34(40)31(45-36(39)38-28)20-23-13-18-29(30(19-23)42-5)44-21-26-11-8-9-12-27(26)37/h8-9,11-20,22,33H,6-7,10,21H2,1-5H3/b31-20-/t33-/m1/s1. The van der Waals surface area contributed by atoms with Crippen molar-refractivity contribution in [2.75, 3.05) is 13.7 Å². The molecule has 2 heterocycles. The van der Waals surface area contributed by atoms with Gasteiger partial charge in [0.25, 0.3) is 5.56 Å². The van der Waals surface area contributed by atoms with Gasteiger partial charge in [-0.1, -0.05) is 87.1 Å². The number of carbonyl (C=O) groups is 1. The van der Waals surface area contributed by atoms with Gasteiger partial charge in [-0.3, -0.25) is 9.36 Å². The molecule has 0 unspecified atom stereocenters. The minimum atomic E-state index is -0.672. The number of rotatable bonds is 11. The van der Waals surface area contributed by atoms with Crippen molar-refractivity contribution in [1.29, 1.82) is 0 Å². The summed E-state index contributed by atoms with van der Waals surface area (Å²) < 4.78 is 33.1. The Morgan fingerprint density at radius 2 is 1.82 bits per heavy atom. The van der Waals surface area contributed by atoms with Crippen LogP contribution < -0.4 is 24.4 Å². The Bertz CT molecular complexity index is 1910. The molecule has 7 nitrogen and oxygen atoms in total. The lowest BCUT2D eigenvalue weighted by atomic mass is 9.92. The molecule has 0 saturated carbocycles. The van der Waals surface area contributed by atoms with E-state index in [2.05, 4.69) is 13.8 Å². The zero-order valence-electron chi connectivity index (χ0n) is 26.1. The van der Waals surface area contributed by atoms with Crippen LogP contribution in [0.3, 0.4) is 0 Å². The maximum atomic E-state index is 14.1. The molecule has 0 spiro atoms. The van der Waals surface area contributed by atoms with E-state index < -0.39 is 12.0 Å². The van der Waals surface area contributed by atoms with E-state index in [1.807, 2.05) is 37.3 Å². The molecule has 5 rings (SSSR count). The van der Waals surface area contributed by atoms with E-state index in [9.17, 15) is 14.0 Å². The average molecular weight is 629 g/mol. The zero-order chi connectivity index (χ0) is 32.1. The summed E-state index contributed by atoms with van der Waals surface area (Å²) >= 11 is 1.27. The molecule has 1 aromatic heterocycles. The van der Waals surface area contributed by atoms with Gasteiger partial charge in [0.05, 0.1) is 35.6 Å². The molecule has 0 saturated heterocycles. The Kier molecular flexibility index (Phi) is 9.98. The number of halogens is 1. The molecular weight excluding hydrogens is 591 g/mol. The number of fused-ring (bicyclic) bond motifs is 1. The lowest BCUT2D eigenvalue weighted by molar-refractivity contribution is -0.139. The topological polar surface area (TPSA) is 79.1 Å².